The van der Waals surface area contributed by atoms with E-state index in [9.17, 15) is 0 Å². The number of nitrogens with one attached hydrogen (secondary N) is 1. The van der Waals surface area contributed by atoms with Gasteiger partial charge in [-0.3, -0.25) is 0 Å². The lowest BCUT2D eigenvalue weighted by molar-refractivity contribution is -0.103. The molecule has 2 aliphatic heterocycles. The lowest BCUT2D eigenvalue weighted by atomic mass is 9.79. The fourth-order valence-electron chi connectivity index (χ4n) is 3.59. The third-order valence-electron chi connectivity index (χ3n) is 4.62. The van der Waals surface area contributed by atoms with E-state index in [1.165, 1.54) is 9.13 Å². The van der Waals surface area contributed by atoms with E-state index in [1.807, 2.05) is 0 Å². The number of hydrogen-bond acceptors (Lipinski definition) is 3. The van der Waals surface area contributed by atoms with Gasteiger partial charge in [-0.1, -0.05) is 18.2 Å². The second-order valence-corrected chi connectivity index (χ2v) is 7.04. The molecule has 0 radical (unpaired) electrons. The standard InChI is InChI=1S/C16H22INO2/c1-18-15(13-4-2-3-5-14(13)17)12-6-8-20-16(10-12)7-9-19-11-16/h2-5,12,15,18H,6-11H2,1H3. The summed E-state index contributed by atoms with van der Waals surface area (Å²) in [6.45, 7) is 2.47. The molecule has 1 aromatic carbocycles. The van der Waals surface area contributed by atoms with E-state index in [2.05, 4.69) is 59.2 Å². The Hall–Kier alpha value is -0.170. The van der Waals surface area contributed by atoms with Crippen LogP contribution in [0.1, 0.15) is 30.9 Å². The molecule has 1 N–H and O–H groups in total. The molecule has 110 valence electrons. The molecule has 1 spiro atoms. The lowest BCUT2D eigenvalue weighted by Gasteiger charge is -2.40. The largest absolute Gasteiger partial charge is 0.378 e. The molecule has 3 rings (SSSR count). The van der Waals surface area contributed by atoms with Crippen LogP contribution in [0, 0.1) is 9.49 Å². The van der Waals surface area contributed by atoms with Crippen LogP contribution >= 0.6 is 22.6 Å². The van der Waals surface area contributed by atoms with E-state index in [-0.39, 0.29) is 5.60 Å². The normalized spacial score (nSPS) is 31.6. The molecule has 0 aromatic heterocycles. The fraction of sp³-hybridized carbons (Fsp3) is 0.625. The zero-order chi connectivity index (χ0) is 14.0. The average Bonchev–Trinajstić information content (AvgIpc) is 2.90. The maximum Gasteiger partial charge on any atom is 0.0940 e. The summed E-state index contributed by atoms with van der Waals surface area (Å²) in [5.41, 5.74) is 1.40. The summed E-state index contributed by atoms with van der Waals surface area (Å²) in [7, 11) is 2.07. The Labute approximate surface area is 134 Å². The second kappa shape index (κ2) is 6.30. The van der Waals surface area contributed by atoms with Crippen molar-refractivity contribution in [2.45, 2.75) is 30.9 Å². The molecule has 0 amide bonds. The first kappa shape index (κ1) is 14.8. The van der Waals surface area contributed by atoms with Gasteiger partial charge in [0.2, 0.25) is 0 Å². The molecular formula is C16H22INO2. The summed E-state index contributed by atoms with van der Waals surface area (Å²) in [5.74, 6) is 0.617. The van der Waals surface area contributed by atoms with Gasteiger partial charge < -0.3 is 14.8 Å². The maximum absolute atomic E-state index is 6.06. The molecule has 0 saturated carbocycles. The summed E-state index contributed by atoms with van der Waals surface area (Å²) in [5, 5.41) is 3.53. The van der Waals surface area contributed by atoms with Gasteiger partial charge in [0, 0.05) is 29.2 Å². The van der Waals surface area contributed by atoms with Gasteiger partial charge in [0.1, 0.15) is 0 Å². The highest BCUT2D eigenvalue weighted by Gasteiger charge is 2.43. The minimum atomic E-state index is -0.0156. The van der Waals surface area contributed by atoms with Crippen molar-refractivity contribution in [3.05, 3.63) is 33.4 Å². The Morgan fingerprint density at radius 1 is 1.35 bits per heavy atom. The summed E-state index contributed by atoms with van der Waals surface area (Å²) in [6, 6.07) is 9.08. The number of halogens is 1. The summed E-state index contributed by atoms with van der Waals surface area (Å²) in [6.07, 6.45) is 3.27. The number of benzene rings is 1. The molecule has 2 saturated heterocycles. The van der Waals surface area contributed by atoms with Crippen molar-refractivity contribution in [2.24, 2.45) is 5.92 Å². The lowest BCUT2D eigenvalue weighted by Crippen LogP contribution is -2.43. The van der Waals surface area contributed by atoms with Gasteiger partial charge >= 0.3 is 0 Å². The fourth-order valence-corrected chi connectivity index (χ4v) is 4.31. The second-order valence-electron chi connectivity index (χ2n) is 5.87. The summed E-state index contributed by atoms with van der Waals surface area (Å²) < 4.78 is 13.0. The molecule has 2 aliphatic rings. The van der Waals surface area contributed by atoms with Crippen LogP contribution in [-0.2, 0) is 9.47 Å². The van der Waals surface area contributed by atoms with Crippen molar-refractivity contribution in [3.8, 4) is 0 Å². The van der Waals surface area contributed by atoms with E-state index in [4.69, 9.17) is 9.47 Å². The third-order valence-corrected chi connectivity index (χ3v) is 5.60. The van der Waals surface area contributed by atoms with Gasteiger partial charge in [-0.05, 0) is 60.0 Å². The maximum atomic E-state index is 6.06. The Balaban J connectivity index is 1.81. The Kier molecular flexibility index (Phi) is 4.65. The van der Waals surface area contributed by atoms with Crippen molar-refractivity contribution >= 4 is 22.6 Å². The quantitative estimate of drug-likeness (QED) is 0.809. The molecule has 3 unspecified atom stereocenters. The molecular weight excluding hydrogens is 365 g/mol. The highest BCUT2D eigenvalue weighted by Crippen LogP contribution is 2.41. The SMILES string of the molecule is CNC(c1ccccc1I)C1CCOC2(CCOC2)C1. The Morgan fingerprint density at radius 3 is 2.90 bits per heavy atom. The molecule has 4 heteroatoms. The first-order chi connectivity index (χ1) is 9.74. The van der Waals surface area contributed by atoms with Crippen molar-refractivity contribution < 1.29 is 9.47 Å². The molecule has 0 bridgehead atoms. The van der Waals surface area contributed by atoms with Gasteiger partial charge in [0.05, 0.1) is 12.2 Å². The van der Waals surface area contributed by atoms with Gasteiger partial charge in [0.15, 0.2) is 0 Å². The van der Waals surface area contributed by atoms with Crippen LogP contribution in [0.2, 0.25) is 0 Å². The minimum Gasteiger partial charge on any atom is -0.378 e. The number of rotatable bonds is 3. The number of hydrogen-bond donors (Lipinski definition) is 1. The van der Waals surface area contributed by atoms with Crippen LogP contribution in [-0.4, -0.2) is 32.5 Å². The molecule has 2 fully saturated rings. The van der Waals surface area contributed by atoms with E-state index < -0.39 is 0 Å². The average molecular weight is 387 g/mol. The van der Waals surface area contributed by atoms with Gasteiger partial charge in [-0.15, -0.1) is 0 Å². The first-order valence-corrected chi connectivity index (χ1v) is 8.45. The topological polar surface area (TPSA) is 30.5 Å². The molecule has 3 atom stereocenters. The third kappa shape index (κ3) is 2.89. The Morgan fingerprint density at radius 2 is 2.20 bits per heavy atom. The Bertz CT molecular complexity index is 460. The summed E-state index contributed by atoms with van der Waals surface area (Å²) >= 11 is 2.44. The predicted octanol–water partition coefficient (Wildman–Crippen LogP) is 3.14. The predicted molar refractivity (Wildman–Crippen MR) is 87.8 cm³/mol. The highest BCUT2D eigenvalue weighted by molar-refractivity contribution is 14.1. The zero-order valence-electron chi connectivity index (χ0n) is 11.9. The smallest absolute Gasteiger partial charge is 0.0940 e. The molecule has 3 nitrogen and oxygen atoms in total. The van der Waals surface area contributed by atoms with Crippen LogP contribution in [0.4, 0.5) is 0 Å². The van der Waals surface area contributed by atoms with E-state index in [1.54, 1.807) is 0 Å². The summed E-state index contributed by atoms with van der Waals surface area (Å²) in [4.78, 5) is 0. The van der Waals surface area contributed by atoms with Crippen LogP contribution in [0.3, 0.4) is 0 Å². The highest BCUT2D eigenvalue weighted by atomic mass is 127. The monoisotopic (exact) mass is 387 g/mol. The van der Waals surface area contributed by atoms with Crippen molar-refractivity contribution in [2.75, 3.05) is 26.9 Å². The van der Waals surface area contributed by atoms with Crippen LogP contribution in [0.25, 0.3) is 0 Å². The van der Waals surface area contributed by atoms with E-state index in [0.717, 1.165) is 39.1 Å². The first-order valence-electron chi connectivity index (χ1n) is 7.37. The molecule has 20 heavy (non-hydrogen) atoms. The van der Waals surface area contributed by atoms with E-state index in [0.29, 0.717) is 12.0 Å². The van der Waals surface area contributed by atoms with Gasteiger partial charge in [0.25, 0.3) is 0 Å². The van der Waals surface area contributed by atoms with Gasteiger partial charge in [-0.2, -0.15) is 0 Å². The number of ether oxygens (including phenoxy) is 2. The molecule has 0 aliphatic carbocycles. The van der Waals surface area contributed by atoms with E-state index >= 15 is 0 Å². The van der Waals surface area contributed by atoms with Crippen LogP contribution in [0.15, 0.2) is 24.3 Å². The molecule has 1 aromatic rings. The van der Waals surface area contributed by atoms with Crippen LogP contribution < -0.4 is 5.32 Å². The van der Waals surface area contributed by atoms with Crippen molar-refractivity contribution in [3.63, 3.8) is 0 Å². The minimum absolute atomic E-state index is 0.0156. The zero-order valence-corrected chi connectivity index (χ0v) is 14.1. The molecule has 2 heterocycles. The van der Waals surface area contributed by atoms with Crippen LogP contribution in [0.5, 0.6) is 0 Å². The van der Waals surface area contributed by atoms with Crippen molar-refractivity contribution in [1.29, 1.82) is 0 Å². The van der Waals surface area contributed by atoms with Crippen molar-refractivity contribution in [1.82, 2.24) is 5.32 Å². The van der Waals surface area contributed by atoms with Gasteiger partial charge in [-0.25, -0.2) is 0 Å².